The van der Waals surface area contributed by atoms with Gasteiger partial charge in [-0.1, -0.05) is 18.2 Å². The molecule has 128 valence electrons. The summed E-state index contributed by atoms with van der Waals surface area (Å²) in [6.07, 6.45) is 1.59. The van der Waals surface area contributed by atoms with Gasteiger partial charge in [0.2, 0.25) is 11.8 Å². The molecule has 5 heteroatoms. The summed E-state index contributed by atoms with van der Waals surface area (Å²) < 4.78 is 18.5. The number of hydrogen-bond donors (Lipinski definition) is 1. The Balaban J connectivity index is 1.80. The molecule has 4 nitrogen and oxygen atoms in total. The number of aromatic nitrogens is 1. The van der Waals surface area contributed by atoms with E-state index in [0.29, 0.717) is 11.6 Å². The third-order valence-corrected chi connectivity index (χ3v) is 4.12. The topological polar surface area (TPSA) is 55.1 Å². The first-order valence-corrected chi connectivity index (χ1v) is 8.03. The average Bonchev–Trinajstić information content (AvgIpc) is 3.03. The standard InChI is InChI=1S/C20H19FN2O2/c1-12-4-9-17(10-18(12)20-22-13(2)11-25-20)23-19(24)14(3)15-5-7-16(21)8-6-15/h4-11,14H,1-3H3,(H,23,24)/t14-/m1/s1. The SMILES string of the molecule is Cc1coc(-c2cc(NC(=O)[C@H](C)c3ccc(F)cc3)ccc2C)n1. The van der Waals surface area contributed by atoms with E-state index < -0.39 is 5.92 Å². The maximum Gasteiger partial charge on any atom is 0.231 e. The van der Waals surface area contributed by atoms with Crippen LogP contribution in [0.1, 0.15) is 29.7 Å². The normalized spacial score (nSPS) is 12.0. The number of halogens is 1. The molecule has 0 unspecified atom stereocenters. The highest BCUT2D eigenvalue weighted by atomic mass is 19.1. The summed E-state index contributed by atoms with van der Waals surface area (Å²) in [5, 5.41) is 2.90. The first-order chi connectivity index (χ1) is 11.9. The lowest BCUT2D eigenvalue weighted by molar-refractivity contribution is -0.117. The van der Waals surface area contributed by atoms with Gasteiger partial charge in [0.25, 0.3) is 0 Å². The van der Waals surface area contributed by atoms with Gasteiger partial charge in [-0.15, -0.1) is 0 Å². The van der Waals surface area contributed by atoms with Crippen LogP contribution in [-0.4, -0.2) is 10.9 Å². The zero-order valence-electron chi connectivity index (χ0n) is 14.3. The van der Waals surface area contributed by atoms with Gasteiger partial charge >= 0.3 is 0 Å². The maximum absolute atomic E-state index is 13.0. The van der Waals surface area contributed by atoms with E-state index in [1.54, 1.807) is 25.3 Å². The molecule has 1 heterocycles. The lowest BCUT2D eigenvalue weighted by Crippen LogP contribution is -2.18. The number of amides is 1. The molecule has 0 fully saturated rings. The van der Waals surface area contributed by atoms with E-state index in [9.17, 15) is 9.18 Å². The van der Waals surface area contributed by atoms with Crippen LogP contribution in [0, 0.1) is 19.7 Å². The Hall–Kier alpha value is -2.95. The predicted molar refractivity (Wildman–Crippen MR) is 94.9 cm³/mol. The fourth-order valence-corrected chi connectivity index (χ4v) is 2.56. The van der Waals surface area contributed by atoms with Crippen LogP contribution in [0.25, 0.3) is 11.5 Å². The van der Waals surface area contributed by atoms with Crippen LogP contribution < -0.4 is 5.32 Å². The molecule has 0 saturated carbocycles. The van der Waals surface area contributed by atoms with Gasteiger partial charge in [-0.25, -0.2) is 9.37 Å². The number of anilines is 1. The molecule has 1 aromatic heterocycles. The van der Waals surface area contributed by atoms with Crippen molar-refractivity contribution in [3.05, 3.63) is 71.4 Å². The van der Waals surface area contributed by atoms with Gasteiger partial charge in [0.1, 0.15) is 12.1 Å². The molecule has 1 N–H and O–H groups in total. The number of carbonyl (C=O) groups excluding carboxylic acids is 1. The third kappa shape index (κ3) is 3.76. The molecule has 2 aromatic carbocycles. The minimum atomic E-state index is -0.394. The Morgan fingerprint density at radius 1 is 1.16 bits per heavy atom. The summed E-state index contributed by atoms with van der Waals surface area (Å²) in [4.78, 5) is 16.8. The second-order valence-electron chi connectivity index (χ2n) is 6.09. The van der Waals surface area contributed by atoms with E-state index in [4.69, 9.17) is 4.42 Å². The molecule has 0 radical (unpaired) electrons. The molecule has 0 aliphatic rings. The first kappa shape index (κ1) is 16.9. The number of aryl methyl sites for hydroxylation is 2. The number of oxazole rings is 1. The van der Waals surface area contributed by atoms with Crippen LogP contribution in [0.4, 0.5) is 10.1 Å². The van der Waals surface area contributed by atoms with E-state index in [2.05, 4.69) is 10.3 Å². The lowest BCUT2D eigenvalue weighted by atomic mass is 10.00. The number of carbonyl (C=O) groups is 1. The Morgan fingerprint density at radius 2 is 1.88 bits per heavy atom. The van der Waals surface area contributed by atoms with Gasteiger partial charge in [0.15, 0.2) is 0 Å². The highest BCUT2D eigenvalue weighted by Gasteiger charge is 2.16. The van der Waals surface area contributed by atoms with Crippen LogP contribution in [0.5, 0.6) is 0 Å². The molecule has 3 rings (SSSR count). The minimum Gasteiger partial charge on any atom is -0.444 e. The van der Waals surface area contributed by atoms with Crippen molar-refractivity contribution in [1.82, 2.24) is 4.98 Å². The smallest absolute Gasteiger partial charge is 0.231 e. The molecule has 3 aromatic rings. The molecule has 0 spiro atoms. The fourth-order valence-electron chi connectivity index (χ4n) is 2.56. The highest BCUT2D eigenvalue weighted by Crippen LogP contribution is 2.27. The molecule has 0 bridgehead atoms. The van der Waals surface area contributed by atoms with Crippen LogP contribution >= 0.6 is 0 Å². The summed E-state index contributed by atoms with van der Waals surface area (Å²) in [6, 6.07) is 11.5. The van der Waals surface area contributed by atoms with Crippen molar-refractivity contribution in [3.8, 4) is 11.5 Å². The Kier molecular flexibility index (Phi) is 4.65. The predicted octanol–water partition coefficient (Wildman–Crippen LogP) is 4.84. The molecule has 1 atom stereocenters. The van der Waals surface area contributed by atoms with Crippen molar-refractivity contribution in [3.63, 3.8) is 0 Å². The number of hydrogen-bond acceptors (Lipinski definition) is 3. The summed E-state index contributed by atoms with van der Waals surface area (Å²) in [7, 11) is 0. The van der Waals surface area contributed by atoms with Crippen LogP contribution in [0.2, 0.25) is 0 Å². The third-order valence-electron chi connectivity index (χ3n) is 4.12. The van der Waals surface area contributed by atoms with Crippen molar-refractivity contribution >= 4 is 11.6 Å². The van der Waals surface area contributed by atoms with Gasteiger partial charge in [-0.05, 0) is 56.2 Å². The molecular formula is C20H19FN2O2. The Labute approximate surface area is 145 Å². The zero-order valence-corrected chi connectivity index (χ0v) is 14.3. The molecule has 0 saturated heterocycles. The summed E-state index contributed by atoms with van der Waals surface area (Å²) in [5.74, 6) is -0.349. The number of nitrogens with one attached hydrogen (secondary N) is 1. The summed E-state index contributed by atoms with van der Waals surface area (Å²) >= 11 is 0. The van der Waals surface area contributed by atoms with E-state index in [1.807, 2.05) is 32.0 Å². The van der Waals surface area contributed by atoms with E-state index in [-0.39, 0.29) is 11.7 Å². The Bertz CT molecular complexity index is 900. The number of benzene rings is 2. The van der Waals surface area contributed by atoms with E-state index >= 15 is 0 Å². The number of rotatable bonds is 4. The lowest BCUT2D eigenvalue weighted by Gasteiger charge is -2.13. The summed E-state index contributed by atoms with van der Waals surface area (Å²) in [5.41, 5.74) is 4.06. The van der Waals surface area contributed by atoms with Crippen molar-refractivity contribution in [1.29, 1.82) is 0 Å². The van der Waals surface area contributed by atoms with Gasteiger partial charge in [-0.2, -0.15) is 0 Å². The Morgan fingerprint density at radius 3 is 2.52 bits per heavy atom. The van der Waals surface area contributed by atoms with Gasteiger partial charge in [0, 0.05) is 11.3 Å². The first-order valence-electron chi connectivity index (χ1n) is 8.03. The van der Waals surface area contributed by atoms with Gasteiger partial charge in [0.05, 0.1) is 11.6 Å². The molecular weight excluding hydrogens is 319 g/mol. The highest BCUT2D eigenvalue weighted by molar-refractivity contribution is 5.96. The van der Waals surface area contributed by atoms with Crippen molar-refractivity contribution < 1.29 is 13.6 Å². The minimum absolute atomic E-state index is 0.162. The van der Waals surface area contributed by atoms with E-state index in [0.717, 1.165) is 22.4 Å². The second-order valence-corrected chi connectivity index (χ2v) is 6.09. The van der Waals surface area contributed by atoms with Gasteiger partial charge < -0.3 is 9.73 Å². The molecule has 1 amide bonds. The zero-order chi connectivity index (χ0) is 18.0. The monoisotopic (exact) mass is 338 g/mol. The quantitative estimate of drug-likeness (QED) is 0.740. The molecule has 25 heavy (non-hydrogen) atoms. The summed E-state index contributed by atoms with van der Waals surface area (Å²) in [6.45, 7) is 5.61. The fraction of sp³-hybridized carbons (Fsp3) is 0.200. The van der Waals surface area contributed by atoms with Crippen LogP contribution in [0.15, 0.2) is 53.1 Å². The van der Waals surface area contributed by atoms with Crippen molar-refractivity contribution in [2.75, 3.05) is 5.32 Å². The van der Waals surface area contributed by atoms with Crippen molar-refractivity contribution in [2.45, 2.75) is 26.7 Å². The molecule has 0 aliphatic carbocycles. The van der Waals surface area contributed by atoms with Crippen LogP contribution in [-0.2, 0) is 4.79 Å². The maximum atomic E-state index is 13.0. The molecule has 0 aliphatic heterocycles. The van der Waals surface area contributed by atoms with Gasteiger partial charge in [-0.3, -0.25) is 4.79 Å². The second kappa shape index (κ2) is 6.89. The number of nitrogens with zero attached hydrogens (tertiary/aromatic N) is 1. The largest absolute Gasteiger partial charge is 0.444 e. The van der Waals surface area contributed by atoms with Crippen LogP contribution in [0.3, 0.4) is 0 Å². The van der Waals surface area contributed by atoms with Crippen molar-refractivity contribution in [2.24, 2.45) is 0 Å². The average molecular weight is 338 g/mol. The van der Waals surface area contributed by atoms with E-state index in [1.165, 1.54) is 12.1 Å².